The lowest BCUT2D eigenvalue weighted by atomic mass is 10.0. The summed E-state index contributed by atoms with van der Waals surface area (Å²) in [5, 5.41) is 0. The lowest BCUT2D eigenvalue weighted by Gasteiger charge is -2.28. The van der Waals surface area contributed by atoms with Gasteiger partial charge in [0.1, 0.15) is 0 Å². The van der Waals surface area contributed by atoms with Crippen molar-refractivity contribution in [1.29, 1.82) is 0 Å². The minimum atomic E-state index is 0.300. The van der Waals surface area contributed by atoms with Crippen molar-refractivity contribution >= 4 is 5.78 Å². The van der Waals surface area contributed by atoms with E-state index in [0.717, 1.165) is 38.9 Å². The monoisotopic (exact) mass is 287 g/mol. The molecule has 0 unspecified atom stereocenters. The van der Waals surface area contributed by atoms with Crippen LogP contribution in [0.1, 0.15) is 52.0 Å². The number of rotatable bonds is 5. The number of nitrogens with zero attached hydrogens (tertiary/aromatic N) is 1. The molecule has 116 valence electrons. The molecular formula is C19H29NO. The van der Waals surface area contributed by atoms with Crippen LogP contribution in [0.3, 0.4) is 0 Å². The van der Waals surface area contributed by atoms with E-state index in [9.17, 15) is 4.79 Å². The van der Waals surface area contributed by atoms with Crippen molar-refractivity contribution in [2.75, 3.05) is 13.1 Å². The van der Waals surface area contributed by atoms with Crippen molar-refractivity contribution in [3.8, 4) is 0 Å². The van der Waals surface area contributed by atoms with E-state index in [4.69, 9.17) is 0 Å². The van der Waals surface area contributed by atoms with Crippen LogP contribution in [0.5, 0.6) is 0 Å². The van der Waals surface area contributed by atoms with Crippen LogP contribution in [-0.2, 0) is 11.3 Å². The van der Waals surface area contributed by atoms with Crippen LogP contribution in [0.2, 0.25) is 0 Å². The summed E-state index contributed by atoms with van der Waals surface area (Å²) in [5.41, 5.74) is 2.71. The van der Waals surface area contributed by atoms with Crippen LogP contribution in [0, 0.1) is 0 Å². The average Bonchev–Trinajstić information content (AvgIpc) is 2.52. The molecule has 0 aliphatic carbocycles. The average molecular weight is 287 g/mol. The summed E-state index contributed by atoms with van der Waals surface area (Å²) in [7, 11) is 0. The zero-order valence-electron chi connectivity index (χ0n) is 13.8. The van der Waals surface area contributed by atoms with E-state index in [1.165, 1.54) is 11.1 Å². The lowest BCUT2D eigenvalue weighted by molar-refractivity contribution is -0.114. The van der Waals surface area contributed by atoms with Crippen molar-refractivity contribution < 1.29 is 4.79 Å². The quantitative estimate of drug-likeness (QED) is 0.737. The van der Waals surface area contributed by atoms with E-state index in [-0.39, 0.29) is 0 Å². The topological polar surface area (TPSA) is 20.3 Å². The molecule has 2 rings (SSSR count). The maximum Gasteiger partial charge on any atom is 0.155 e. The highest BCUT2D eigenvalue weighted by molar-refractivity contribution is 5.90. The smallest absolute Gasteiger partial charge is 0.155 e. The molecule has 1 aromatic carbocycles. The van der Waals surface area contributed by atoms with Crippen molar-refractivity contribution in [3.05, 3.63) is 47.5 Å². The molecule has 0 bridgehead atoms. The van der Waals surface area contributed by atoms with Crippen LogP contribution in [0.15, 0.2) is 42.0 Å². The van der Waals surface area contributed by atoms with E-state index < -0.39 is 0 Å². The minimum absolute atomic E-state index is 0.300. The summed E-state index contributed by atoms with van der Waals surface area (Å²) >= 11 is 0. The Balaban J connectivity index is 0.00000106. The molecule has 1 saturated heterocycles. The Labute approximate surface area is 129 Å². The molecule has 2 heteroatoms. The Morgan fingerprint density at radius 2 is 1.76 bits per heavy atom. The summed E-state index contributed by atoms with van der Waals surface area (Å²) in [6, 6.07) is 10.6. The second kappa shape index (κ2) is 10.3. The Hall–Kier alpha value is -1.41. The van der Waals surface area contributed by atoms with Crippen LogP contribution in [0.4, 0.5) is 0 Å². The fraction of sp³-hybridized carbons (Fsp3) is 0.526. The molecule has 0 radical (unpaired) electrons. The molecule has 0 N–H and O–H groups in total. The molecular weight excluding hydrogens is 258 g/mol. The standard InChI is InChI=1S/C17H23NO.C2H6/c1-2-6-17(19)13-15-9-11-18(12-10-15)14-16-7-4-3-5-8-16;1-2/h3-5,7-8,13H,2,6,9-12,14H2,1H3;1-2H3. The maximum atomic E-state index is 11.6. The van der Waals surface area contributed by atoms with Crippen LogP contribution >= 0.6 is 0 Å². The van der Waals surface area contributed by atoms with Gasteiger partial charge in [-0.25, -0.2) is 0 Å². The number of allylic oxidation sites excluding steroid dienone is 1. The molecule has 0 saturated carbocycles. The molecule has 0 spiro atoms. The Bertz CT molecular complexity index is 426. The van der Waals surface area contributed by atoms with E-state index >= 15 is 0 Å². The van der Waals surface area contributed by atoms with Gasteiger partial charge in [-0.15, -0.1) is 0 Å². The van der Waals surface area contributed by atoms with Gasteiger partial charge in [-0.2, -0.15) is 0 Å². The van der Waals surface area contributed by atoms with Gasteiger partial charge in [0.05, 0.1) is 0 Å². The summed E-state index contributed by atoms with van der Waals surface area (Å²) in [6.45, 7) is 9.22. The highest BCUT2D eigenvalue weighted by atomic mass is 16.1. The van der Waals surface area contributed by atoms with Gasteiger partial charge in [-0.05, 0) is 30.9 Å². The molecule has 21 heavy (non-hydrogen) atoms. The predicted molar refractivity (Wildman–Crippen MR) is 90.3 cm³/mol. The molecule has 1 heterocycles. The first-order valence-electron chi connectivity index (χ1n) is 8.26. The Morgan fingerprint density at radius 1 is 1.14 bits per heavy atom. The van der Waals surface area contributed by atoms with Crippen LogP contribution in [0.25, 0.3) is 0 Å². The van der Waals surface area contributed by atoms with Crippen molar-refractivity contribution in [2.24, 2.45) is 0 Å². The zero-order valence-corrected chi connectivity index (χ0v) is 13.8. The highest BCUT2D eigenvalue weighted by Gasteiger charge is 2.14. The summed E-state index contributed by atoms with van der Waals surface area (Å²) in [4.78, 5) is 14.1. The number of hydrogen-bond acceptors (Lipinski definition) is 2. The molecule has 0 amide bonds. The molecule has 0 aromatic heterocycles. The van der Waals surface area contributed by atoms with Gasteiger partial charge in [0.15, 0.2) is 5.78 Å². The third-order valence-corrected chi connectivity index (χ3v) is 3.61. The third kappa shape index (κ3) is 6.72. The second-order valence-electron chi connectivity index (χ2n) is 5.28. The Morgan fingerprint density at radius 3 is 2.33 bits per heavy atom. The number of ketones is 1. The number of carbonyl (C=O) groups is 1. The molecule has 1 aliphatic rings. The predicted octanol–water partition coefficient (Wildman–Crippen LogP) is 4.60. The number of hydrogen-bond donors (Lipinski definition) is 0. The van der Waals surface area contributed by atoms with Crippen LogP contribution < -0.4 is 0 Å². The van der Waals surface area contributed by atoms with Crippen LogP contribution in [-0.4, -0.2) is 23.8 Å². The van der Waals surface area contributed by atoms with E-state index in [0.29, 0.717) is 12.2 Å². The first kappa shape index (κ1) is 17.6. The summed E-state index contributed by atoms with van der Waals surface area (Å²) < 4.78 is 0. The third-order valence-electron chi connectivity index (χ3n) is 3.61. The molecule has 0 atom stereocenters. The fourth-order valence-electron chi connectivity index (χ4n) is 2.53. The molecule has 1 aromatic rings. The van der Waals surface area contributed by atoms with Gasteiger partial charge in [0, 0.05) is 26.1 Å². The number of piperidine rings is 1. The molecule has 1 fully saturated rings. The first-order chi connectivity index (χ1) is 10.3. The van der Waals surface area contributed by atoms with Crippen molar-refractivity contribution in [1.82, 2.24) is 4.90 Å². The van der Waals surface area contributed by atoms with E-state index in [1.54, 1.807) is 0 Å². The van der Waals surface area contributed by atoms with Gasteiger partial charge in [-0.3, -0.25) is 9.69 Å². The highest BCUT2D eigenvalue weighted by Crippen LogP contribution is 2.18. The number of carbonyl (C=O) groups excluding carboxylic acids is 1. The summed E-state index contributed by atoms with van der Waals surface area (Å²) in [5.74, 6) is 0.300. The van der Waals surface area contributed by atoms with E-state index in [1.807, 2.05) is 19.9 Å². The van der Waals surface area contributed by atoms with Gasteiger partial charge >= 0.3 is 0 Å². The fourth-order valence-corrected chi connectivity index (χ4v) is 2.53. The van der Waals surface area contributed by atoms with Gasteiger partial charge < -0.3 is 0 Å². The summed E-state index contributed by atoms with van der Waals surface area (Å²) in [6.07, 6.45) is 5.62. The molecule has 2 nitrogen and oxygen atoms in total. The maximum absolute atomic E-state index is 11.6. The van der Waals surface area contributed by atoms with Crippen molar-refractivity contribution in [3.63, 3.8) is 0 Å². The van der Waals surface area contributed by atoms with Gasteiger partial charge in [0.25, 0.3) is 0 Å². The normalized spacial score (nSPS) is 15.1. The minimum Gasteiger partial charge on any atom is -0.298 e. The van der Waals surface area contributed by atoms with Gasteiger partial charge in [-0.1, -0.05) is 56.7 Å². The van der Waals surface area contributed by atoms with Crippen molar-refractivity contribution in [2.45, 2.75) is 53.0 Å². The Kier molecular flexibility index (Phi) is 8.68. The SMILES string of the molecule is CC.CCCC(=O)C=C1CCN(Cc2ccccc2)CC1. The molecule has 1 aliphatic heterocycles. The zero-order chi connectivity index (χ0) is 15.5. The lowest BCUT2D eigenvalue weighted by Crippen LogP contribution is -2.30. The van der Waals surface area contributed by atoms with Gasteiger partial charge in [0.2, 0.25) is 0 Å². The number of benzene rings is 1. The second-order valence-corrected chi connectivity index (χ2v) is 5.28. The first-order valence-corrected chi connectivity index (χ1v) is 8.26. The van der Waals surface area contributed by atoms with E-state index in [2.05, 4.69) is 42.2 Å². The number of likely N-dealkylation sites (tertiary alicyclic amines) is 1. The largest absolute Gasteiger partial charge is 0.298 e.